The Morgan fingerprint density at radius 3 is 1.69 bits per heavy atom. The predicted octanol–water partition coefficient (Wildman–Crippen LogP) is 8.79. The zero-order chi connectivity index (χ0) is 26.0. The largest absolute Gasteiger partial charge is 0.494 e. The number of nitrogens with zero attached hydrogens (tertiary/aromatic N) is 1. The average molecular weight is 498 g/mol. The number of carbonyl (C=O) groups is 1. The van der Waals surface area contributed by atoms with Crippen molar-refractivity contribution in [1.82, 2.24) is 4.57 Å². The minimum atomic E-state index is -1.00. The number of rotatable bonds is 20. The molecule has 0 spiro atoms. The Balaban J connectivity index is 1.57. The number of aromatic hydroxyl groups is 2. The molecule has 0 bridgehead atoms. The smallest absolute Gasteiger partial charge is 0.328 e. The van der Waals surface area contributed by atoms with E-state index in [1.807, 2.05) is 0 Å². The minimum absolute atomic E-state index is 0.00724. The van der Waals surface area contributed by atoms with E-state index in [1.54, 1.807) is 30.3 Å². The molecule has 200 valence electrons. The lowest BCUT2D eigenvalue weighted by Crippen LogP contribution is -1.94. The van der Waals surface area contributed by atoms with Crippen molar-refractivity contribution in [2.75, 3.05) is 0 Å². The third kappa shape index (κ3) is 11.4. The molecule has 0 aliphatic heterocycles. The van der Waals surface area contributed by atoms with Crippen molar-refractivity contribution in [3.05, 3.63) is 47.5 Å². The summed E-state index contributed by atoms with van der Waals surface area (Å²) in [5.74, 6) is -0.923. The third-order valence-electron chi connectivity index (χ3n) is 6.90. The number of unbranched alkanes of at least 4 members (excludes halogenated alkanes) is 15. The molecule has 0 aliphatic carbocycles. The van der Waals surface area contributed by atoms with Crippen molar-refractivity contribution >= 4 is 12.0 Å². The van der Waals surface area contributed by atoms with Crippen LogP contribution in [0.1, 0.15) is 121 Å². The lowest BCUT2D eigenvalue weighted by atomic mass is 10.0. The lowest BCUT2D eigenvalue weighted by molar-refractivity contribution is -0.131. The van der Waals surface area contributed by atoms with E-state index in [-0.39, 0.29) is 11.8 Å². The summed E-state index contributed by atoms with van der Waals surface area (Å²) in [7, 11) is 0. The normalized spacial score (nSPS) is 11.5. The molecule has 0 unspecified atom stereocenters. The zero-order valence-corrected chi connectivity index (χ0v) is 22.3. The summed E-state index contributed by atoms with van der Waals surface area (Å²) in [4.78, 5) is 10.7. The first-order chi connectivity index (χ1) is 17.5. The van der Waals surface area contributed by atoms with E-state index in [2.05, 4.69) is 6.92 Å². The van der Waals surface area contributed by atoms with Gasteiger partial charge in [-0.25, -0.2) is 4.79 Å². The van der Waals surface area contributed by atoms with Crippen molar-refractivity contribution in [3.63, 3.8) is 0 Å². The van der Waals surface area contributed by atoms with Gasteiger partial charge in [0, 0.05) is 17.7 Å². The first kappa shape index (κ1) is 29.5. The van der Waals surface area contributed by atoms with Gasteiger partial charge in [-0.05, 0) is 36.6 Å². The van der Waals surface area contributed by atoms with Crippen LogP contribution in [0.5, 0.6) is 11.8 Å². The van der Waals surface area contributed by atoms with E-state index in [1.165, 1.54) is 101 Å². The topological polar surface area (TPSA) is 82.7 Å². The highest BCUT2D eigenvalue weighted by atomic mass is 16.4. The maximum Gasteiger partial charge on any atom is 0.328 e. The van der Waals surface area contributed by atoms with Crippen molar-refractivity contribution < 1.29 is 20.1 Å². The maximum atomic E-state index is 10.7. The fourth-order valence-electron chi connectivity index (χ4n) is 4.74. The number of aliphatic carboxylic acids is 1. The quantitative estimate of drug-likeness (QED) is 0.126. The van der Waals surface area contributed by atoms with E-state index in [9.17, 15) is 15.0 Å². The van der Waals surface area contributed by atoms with Crippen LogP contribution in [0.2, 0.25) is 0 Å². The van der Waals surface area contributed by atoms with Crippen molar-refractivity contribution in [2.24, 2.45) is 0 Å². The molecule has 0 saturated carbocycles. The van der Waals surface area contributed by atoms with Gasteiger partial charge in [0.1, 0.15) is 0 Å². The molecule has 5 nitrogen and oxygen atoms in total. The first-order valence-corrected chi connectivity index (χ1v) is 14.2. The first-order valence-electron chi connectivity index (χ1n) is 14.2. The summed E-state index contributed by atoms with van der Waals surface area (Å²) in [6.45, 7) is 2.27. The fourth-order valence-corrected chi connectivity index (χ4v) is 4.74. The Morgan fingerprint density at radius 1 is 0.750 bits per heavy atom. The Hall–Kier alpha value is -2.69. The molecule has 1 heterocycles. The molecule has 0 fully saturated rings. The number of hydrogen-bond donors (Lipinski definition) is 3. The molecule has 0 saturated heterocycles. The molecule has 0 radical (unpaired) electrons. The molecular weight excluding hydrogens is 450 g/mol. The van der Waals surface area contributed by atoms with Crippen LogP contribution < -0.4 is 0 Å². The molecule has 3 N–H and O–H groups in total. The number of carboxylic acids is 1. The summed E-state index contributed by atoms with van der Waals surface area (Å²) >= 11 is 0. The number of benzene rings is 1. The van der Waals surface area contributed by atoms with Crippen LogP contribution in [-0.2, 0) is 11.2 Å². The summed E-state index contributed by atoms with van der Waals surface area (Å²) in [5.41, 5.74) is 2.13. The van der Waals surface area contributed by atoms with E-state index in [0.717, 1.165) is 36.5 Å². The highest BCUT2D eigenvalue weighted by Crippen LogP contribution is 2.32. The van der Waals surface area contributed by atoms with Crippen LogP contribution in [0.15, 0.2) is 36.4 Å². The van der Waals surface area contributed by atoms with Gasteiger partial charge in [0.05, 0.1) is 5.69 Å². The molecule has 0 atom stereocenters. The fraction of sp³-hybridized carbons (Fsp3) is 0.581. The standard InChI is InChI=1S/C31H47NO4/c1-2-3-4-5-6-7-8-9-10-11-12-13-14-15-16-17-18-27-25-29(33)32(31(27)36)28-22-19-26(20-23-28)21-24-30(34)35/h19-25,33,36H,2-18H2,1H3,(H,34,35). The second-order valence-corrected chi connectivity index (χ2v) is 10.0. The van der Waals surface area contributed by atoms with Gasteiger partial charge in [0.25, 0.3) is 0 Å². The summed E-state index contributed by atoms with van der Waals surface area (Å²) in [6, 6.07) is 8.64. The van der Waals surface area contributed by atoms with E-state index in [4.69, 9.17) is 5.11 Å². The van der Waals surface area contributed by atoms with E-state index >= 15 is 0 Å². The molecule has 1 aromatic heterocycles. The SMILES string of the molecule is CCCCCCCCCCCCCCCCCCc1cc(O)n(-c2ccc(C=CC(=O)O)cc2)c1O. The Labute approximate surface area is 217 Å². The predicted molar refractivity (Wildman–Crippen MR) is 149 cm³/mol. The Kier molecular flexibility index (Phi) is 14.5. The number of carboxylic acid groups (broad SMARTS) is 1. The Morgan fingerprint density at radius 2 is 1.22 bits per heavy atom. The molecule has 2 rings (SSSR count). The second-order valence-electron chi connectivity index (χ2n) is 10.0. The van der Waals surface area contributed by atoms with Gasteiger partial charge in [-0.3, -0.25) is 4.57 Å². The summed E-state index contributed by atoms with van der Waals surface area (Å²) in [5, 5.41) is 29.7. The molecule has 1 aromatic carbocycles. The summed E-state index contributed by atoms with van der Waals surface area (Å²) < 4.78 is 1.42. The van der Waals surface area contributed by atoms with E-state index < -0.39 is 5.97 Å². The maximum absolute atomic E-state index is 10.7. The van der Waals surface area contributed by atoms with Crippen LogP contribution in [-0.4, -0.2) is 25.9 Å². The van der Waals surface area contributed by atoms with Gasteiger partial charge in [0.2, 0.25) is 5.88 Å². The van der Waals surface area contributed by atoms with Crippen LogP contribution in [0.3, 0.4) is 0 Å². The van der Waals surface area contributed by atoms with Gasteiger partial charge in [-0.15, -0.1) is 0 Å². The van der Waals surface area contributed by atoms with Crippen molar-refractivity contribution in [2.45, 2.75) is 116 Å². The van der Waals surface area contributed by atoms with Crippen LogP contribution >= 0.6 is 0 Å². The van der Waals surface area contributed by atoms with E-state index in [0.29, 0.717) is 5.69 Å². The van der Waals surface area contributed by atoms with Crippen molar-refractivity contribution in [3.8, 4) is 17.4 Å². The zero-order valence-electron chi connectivity index (χ0n) is 22.3. The number of aryl methyl sites for hydroxylation is 1. The third-order valence-corrected chi connectivity index (χ3v) is 6.90. The van der Waals surface area contributed by atoms with Crippen molar-refractivity contribution in [1.29, 1.82) is 0 Å². The molecular formula is C31H47NO4. The van der Waals surface area contributed by atoms with Crippen LogP contribution in [0.4, 0.5) is 0 Å². The molecule has 0 amide bonds. The van der Waals surface area contributed by atoms with Gasteiger partial charge < -0.3 is 15.3 Å². The minimum Gasteiger partial charge on any atom is -0.494 e. The lowest BCUT2D eigenvalue weighted by Gasteiger charge is -2.08. The Bertz CT molecular complexity index is 898. The van der Waals surface area contributed by atoms with Gasteiger partial charge in [-0.2, -0.15) is 0 Å². The van der Waals surface area contributed by atoms with Gasteiger partial charge in [0.15, 0.2) is 5.88 Å². The van der Waals surface area contributed by atoms with Crippen LogP contribution in [0, 0.1) is 0 Å². The average Bonchev–Trinajstić information content (AvgIpc) is 3.15. The molecule has 36 heavy (non-hydrogen) atoms. The number of hydrogen-bond acceptors (Lipinski definition) is 3. The molecule has 2 aromatic rings. The highest BCUT2D eigenvalue weighted by Gasteiger charge is 2.15. The summed E-state index contributed by atoms with van der Waals surface area (Å²) in [6.07, 6.45) is 24.6. The highest BCUT2D eigenvalue weighted by molar-refractivity contribution is 5.85. The van der Waals surface area contributed by atoms with Gasteiger partial charge in [-0.1, -0.05) is 115 Å². The number of aromatic nitrogens is 1. The van der Waals surface area contributed by atoms with Gasteiger partial charge >= 0.3 is 5.97 Å². The molecule has 5 heteroatoms. The second kappa shape index (κ2) is 17.7. The van der Waals surface area contributed by atoms with Crippen LogP contribution in [0.25, 0.3) is 11.8 Å². The molecule has 0 aliphatic rings. The monoisotopic (exact) mass is 497 g/mol.